The van der Waals surface area contributed by atoms with E-state index in [1.165, 1.54) is 0 Å². The Bertz CT molecular complexity index is 867. The second kappa shape index (κ2) is 9.03. The molecule has 3 aliphatic heterocycles. The van der Waals surface area contributed by atoms with Crippen LogP contribution in [0.3, 0.4) is 0 Å². The molecule has 1 N–H and O–H groups in total. The van der Waals surface area contributed by atoms with E-state index in [2.05, 4.69) is 17.1 Å². The van der Waals surface area contributed by atoms with Crippen LogP contribution in [0.5, 0.6) is 0 Å². The normalized spacial score (nSPS) is 26.7. The Balaban J connectivity index is 1.30. The van der Waals surface area contributed by atoms with Gasteiger partial charge in [-0.05, 0) is 31.9 Å². The molecule has 7 nitrogen and oxygen atoms in total. The van der Waals surface area contributed by atoms with Crippen molar-refractivity contribution in [1.82, 2.24) is 14.7 Å². The molecule has 3 heterocycles. The number of hydrogen-bond acceptors (Lipinski definition) is 6. The van der Waals surface area contributed by atoms with Crippen LogP contribution in [-0.4, -0.2) is 93.3 Å². The maximum absolute atomic E-state index is 13.2. The predicted octanol–water partition coefficient (Wildman–Crippen LogP) is 1.79. The Labute approximate surface area is 192 Å². The van der Waals surface area contributed by atoms with Gasteiger partial charge in [0.15, 0.2) is 0 Å². The van der Waals surface area contributed by atoms with E-state index in [-0.39, 0.29) is 28.6 Å². The molecule has 4 rings (SSSR count). The van der Waals surface area contributed by atoms with Gasteiger partial charge in [-0.2, -0.15) is 0 Å². The average molecular weight is 463 g/mol. The second-order valence-corrected chi connectivity index (χ2v) is 11.2. The van der Waals surface area contributed by atoms with Crippen LogP contribution < -0.4 is 5.32 Å². The molecule has 9 heteroatoms. The fourth-order valence-corrected chi connectivity index (χ4v) is 7.28. The Kier molecular flexibility index (Phi) is 6.55. The van der Waals surface area contributed by atoms with Crippen LogP contribution in [0, 0.1) is 13.8 Å². The summed E-state index contributed by atoms with van der Waals surface area (Å²) >= 11 is 3.37. The van der Waals surface area contributed by atoms with Gasteiger partial charge in [0.2, 0.25) is 17.7 Å². The van der Waals surface area contributed by atoms with Gasteiger partial charge in [0.25, 0.3) is 0 Å². The van der Waals surface area contributed by atoms with Crippen LogP contribution in [0.25, 0.3) is 0 Å². The molecule has 1 aromatic rings. The molecular formula is C22H30N4O3S2. The van der Waals surface area contributed by atoms with Gasteiger partial charge in [-0.3, -0.25) is 19.3 Å². The maximum atomic E-state index is 13.2. The van der Waals surface area contributed by atoms with Crippen molar-refractivity contribution in [3.63, 3.8) is 0 Å². The van der Waals surface area contributed by atoms with E-state index in [9.17, 15) is 14.4 Å². The quantitative estimate of drug-likeness (QED) is 0.736. The van der Waals surface area contributed by atoms with E-state index in [4.69, 9.17) is 0 Å². The average Bonchev–Trinajstić information content (AvgIpc) is 3.09. The van der Waals surface area contributed by atoms with Gasteiger partial charge in [-0.25, -0.2) is 0 Å². The number of hydrogen-bond donors (Lipinski definition) is 1. The molecule has 0 aliphatic carbocycles. The zero-order valence-corrected chi connectivity index (χ0v) is 20.0. The van der Waals surface area contributed by atoms with Crippen molar-refractivity contribution in [2.24, 2.45) is 0 Å². The van der Waals surface area contributed by atoms with Gasteiger partial charge in [0.05, 0.1) is 17.2 Å². The Morgan fingerprint density at radius 1 is 1.16 bits per heavy atom. The molecule has 0 saturated carbocycles. The van der Waals surface area contributed by atoms with Crippen molar-refractivity contribution in [2.45, 2.75) is 31.7 Å². The molecule has 0 spiro atoms. The van der Waals surface area contributed by atoms with Gasteiger partial charge >= 0.3 is 0 Å². The lowest BCUT2D eigenvalue weighted by atomic mass is 10.1. The number of anilines is 1. The number of nitrogens with one attached hydrogen (secondary N) is 1. The summed E-state index contributed by atoms with van der Waals surface area (Å²) in [6.07, 6.45) is 0. The largest absolute Gasteiger partial charge is 0.338 e. The monoisotopic (exact) mass is 462 g/mol. The third kappa shape index (κ3) is 4.59. The molecule has 0 unspecified atom stereocenters. The number of rotatable bonds is 4. The summed E-state index contributed by atoms with van der Waals surface area (Å²) in [5.41, 5.74) is 2.99. The molecule has 0 aromatic heterocycles. The highest BCUT2D eigenvalue weighted by molar-refractivity contribution is 8.04. The molecule has 168 valence electrons. The number of benzene rings is 1. The zero-order chi connectivity index (χ0) is 22.2. The van der Waals surface area contributed by atoms with Crippen molar-refractivity contribution in [1.29, 1.82) is 0 Å². The van der Waals surface area contributed by atoms with E-state index >= 15 is 0 Å². The van der Waals surface area contributed by atoms with Crippen molar-refractivity contribution >= 4 is 46.9 Å². The molecule has 3 fully saturated rings. The van der Waals surface area contributed by atoms with Gasteiger partial charge in [0, 0.05) is 43.4 Å². The minimum Gasteiger partial charge on any atom is -0.338 e. The van der Waals surface area contributed by atoms with Crippen LogP contribution >= 0.6 is 23.5 Å². The summed E-state index contributed by atoms with van der Waals surface area (Å²) in [4.78, 5) is 43.8. The summed E-state index contributed by atoms with van der Waals surface area (Å²) in [5, 5.41) is 3.03. The molecular weight excluding hydrogens is 432 g/mol. The van der Waals surface area contributed by atoms with Gasteiger partial charge in [-0.1, -0.05) is 18.2 Å². The van der Waals surface area contributed by atoms with Crippen molar-refractivity contribution in [3.05, 3.63) is 29.3 Å². The summed E-state index contributed by atoms with van der Waals surface area (Å²) in [5.74, 6) is 2.09. The Morgan fingerprint density at radius 3 is 2.52 bits per heavy atom. The fourth-order valence-electron chi connectivity index (χ4n) is 4.59. The number of carbonyl (C=O) groups excluding carboxylic acids is 3. The van der Waals surface area contributed by atoms with Crippen LogP contribution in [0.1, 0.15) is 18.1 Å². The number of nitrogens with zero attached hydrogens (tertiary/aromatic N) is 3. The minimum absolute atomic E-state index is 0.0310. The zero-order valence-electron chi connectivity index (χ0n) is 18.3. The summed E-state index contributed by atoms with van der Waals surface area (Å²) in [6.45, 7) is 8.86. The Morgan fingerprint density at radius 2 is 1.84 bits per heavy atom. The molecule has 3 amide bonds. The fraction of sp³-hybridized carbons (Fsp3) is 0.591. The lowest BCUT2D eigenvalue weighted by Gasteiger charge is -2.42. The van der Waals surface area contributed by atoms with E-state index in [0.29, 0.717) is 44.2 Å². The number of piperazine rings is 1. The summed E-state index contributed by atoms with van der Waals surface area (Å²) < 4.78 is 0. The summed E-state index contributed by atoms with van der Waals surface area (Å²) in [7, 11) is 0. The van der Waals surface area contributed by atoms with E-state index in [1.54, 1.807) is 23.5 Å². The van der Waals surface area contributed by atoms with Crippen molar-refractivity contribution < 1.29 is 14.4 Å². The molecule has 2 atom stereocenters. The maximum Gasteiger partial charge on any atom is 0.246 e. The highest BCUT2D eigenvalue weighted by Gasteiger charge is 2.52. The number of thioether (sulfide) groups is 2. The van der Waals surface area contributed by atoms with Gasteiger partial charge in [0.1, 0.15) is 6.04 Å². The van der Waals surface area contributed by atoms with Crippen LogP contribution in [0.15, 0.2) is 18.2 Å². The first-order valence-corrected chi connectivity index (χ1v) is 12.8. The third-order valence-electron chi connectivity index (χ3n) is 6.32. The molecule has 3 saturated heterocycles. The van der Waals surface area contributed by atoms with Crippen molar-refractivity contribution in [3.8, 4) is 0 Å². The first-order chi connectivity index (χ1) is 14.8. The third-order valence-corrected chi connectivity index (χ3v) is 9.16. The number of aryl methyl sites for hydroxylation is 2. The van der Waals surface area contributed by atoms with E-state index < -0.39 is 0 Å². The SMILES string of the molecule is Cc1cccc(C)c1NC(=O)CN1CCN(C(=O)[C@@H]2CS[C@@]3(C)CSCC(=O)N23)CC1. The first kappa shape index (κ1) is 22.5. The number of carbonyl (C=O) groups is 3. The van der Waals surface area contributed by atoms with E-state index in [0.717, 1.165) is 22.6 Å². The molecule has 1 aromatic carbocycles. The highest BCUT2D eigenvalue weighted by Crippen LogP contribution is 2.44. The number of fused-ring (bicyclic) bond motifs is 1. The topological polar surface area (TPSA) is 73.0 Å². The predicted molar refractivity (Wildman–Crippen MR) is 126 cm³/mol. The van der Waals surface area contributed by atoms with Crippen LogP contribution in [-0.2, 0) is 14.4 Å². The lowest BCUT2D eigenvalue weighted by Crippen LogP contribution is -2.60. The summed E-state index contributed by atoms with van der Waals surface area (Å²) in [6, 6.07) is 5.61. The number of para-hydroxylation sites is 1. The van der Waals surface area contributed by atoms with E-state index in [1.807, 2.05) is 41.8 Å². The number of amides is 3. The smallest absolute Gasteiger partial charge is 0.246 e. The standard InChI is InChI=1S/C22H30N4O3S2/c1-15-5-4-6-16(2)20(15)23-18(27)11-24-7-9-25(10-8-24)21(29)17-12-31-22(3)14-30-13-19(28)26(17)22/h4-6,17H,7-14H2,1-3H3,(H,23,27)/t17-,22-/m0/s1. The molecule has 31 heavy (non-hydrogen) atoms. The minimum atomic E-state index is -0.359. The van der Waals surface area contributed by atoms with Crippen molar-refractivity contribution in [2.75, 3.05) is 55.3 Å². The van der Waals surface area contributed by atoms with Crippen LogP contribution in [0.2, 0.25) is 0 Å². The van der Waals surface area contributed by atoms with Gasteiger partial charge < -0.3 is 15.1 Å². The molecule has 0 radical (unpaired) electrons. The van der Waals surface area contributed by atoms with Gasteiger partial charge in [-0.15, -0.1) is 23.5 Å². The highest BCUT2D eigenvalue weighted by atomic mass is 32.2. The second-order valence-electron chi connectivity index (χ2n) is 8.67. The lowest BCUT2D eigenvalue weighted by molar-refractivity contribution is -0.146. The first-order valence-electron chi connectivity index (χ1n) is 10.7. The van der Waals surface area contributed by atoms with Crippen LogP contribution in [0.4, 0.5) is 5.69 Å². The Hall–Kier alpha value is -1.71. The molecule has 3 aliphatic rings. The molecule has 0 bridgehead atoms.